The molecule has 0 N–H and O–H groups in total. The van der Waals surface area contributed by atoms with Gasteiger partial charge < -0.3 is 0 Å². The van der Waals surface area contributed by atoms with Crippen molar-refractivity contribution >= 4 is 21.6 Å². The third kappa shape index (κ3) is 4.44. The topological polar surface area (TPSA) is 61.2 Å². The monoisotopic (exact) mass is 328 g/mol. The first-order chi connectivity index (χ1) is 9.70. The third-order valence-electron chi connectivity index (χ3n) is 2.84. The summed E-state index contributed by atoms with van der Waals surface area (Å²) in [6.07, 6.45) is 0. The van der Waals surface area contributed by atoms with E-state index in [2.05, 4.69) is 0 Å². The summed E-state index contributed by atoms with van der Waals surface area (Å²) in [5.41, 5.74) is 0.0108. The van der Waals surface area contributed by atoms with Crippen molar-refractivity contribution < 1.29 is 8.42 Å². The first-order valence-corrected chi connectivity index (χ1v) is 8.70. The maximum Gasteiger partial charge on any atom is 0.244 e. The van der Waals surface area contributed by atoms with Crippen LogP contribution < -0.4 is 0 Å². The van der Waals surface area contributed by atoms with Crippen LogP contribution in [0.5, 0.6) is 0 Å². The first kappa shape index (κ1) is 18.0. The van der Waals surface area contributed by atoms with E-state index in [0.717, 1.165) is 0 Å². The molecule has 1 aromatic carbocycles. The molecule has 0 bridgehead atoms. The van der Waals surface area contributed by atoms with Crippen molar-refractivity contribution in [3.63, 3.8) is 0 Å². The second-order valence-electron chi connectivity index (χ2n) is 5.83. The lowest BCUT2D eigenvalue weighted by molar-refractivity contribution is 0.333. The number of sulfonamides is 1. The highest BCUT2D eigenvalue weighted by atomic mass is 35.5. The Labute approximate surface area is 132 Å². The number of hydrogen-bond donors (Lipinski definition) is 0. The van der Waals surface area contributed by atoms with Gasteiger partial charge in [-0.1, -0.05) is 45.4 Å². The summed E-state index contributed by atoms with van der Waals surface area (Å²) in [6, 6.07) is 6.41. The zero-order valence-corrected chi connectivity index (χ0v) is 14.4. The number of benzene rings is 1. The summed E-state index contributed by atoms with van der Waals surface area (Å²) in [5, 5.41) is 9.35. The van der Waals surface area contributed by atoms with Crippen LogP contribution in [0.3, 0.4) is 0 Å². The highest BCUT2D eigenvalue weighted by Gasteiger charge is 2.29. The summed E-state index contributed by atoms with van der Waals surface area (Å²) >= 11 is 5.95. The summed E-state index contributed by atoms with van der Waals surface area (Å²) in [4.78, 5) is -0.0150. The van der Waals surface area contributed by atoms with Crippen LogP contribution in [0, 0.1) is 23.2 Å². The number of rotatable bonds is 6. The van der Waals surface area contributed by atoms with E-state index in [-0.39, 0.29) is 27.3 Å². The van der Waals surface area contributed by atoms with Crippen LogP contribution in [-0.4, -0.2) is 25.8 Å². The van der Waals surface area contributed by atoms with Gasteiger partial charge in [0.25, 0.3) is 0 Å². The average Bonchev–Trinajstić information content (AvgIpc) is 2.36. The number of halogens is 1. The van der Waals surface area contributed by atoms with E-state index in [4.69, 9.17) is 11.6 Å². The molecule has 1 aromatic rings. The molecule has 0 saturated carbocycles. The molecule has 116 valence electrons. The van der Waals surface area contributed by atoms with Crippen LogP contribution in [0.1, 0.15) is 33.3 Å². The molecule has 0 fully saturated rings. The van der Waals surface area contributed by atoms with Crippen LogP contribution >= 0.6 is 11.6 Å². The SMILES string of the molecule is CC(C)CN(CC(C)C)S(=O)(=O)c1cccc(Cl)c1C#N. The van der Waals surface area contributed by atoms with E-state index in [1.54, 1.807) is 6.07 Å². The molecule has 0 heterocycles. The van der Waals surface area contributed by atoms with Gasteiger partial charge in [-0.3, -0.25) is 0 Å². The molecule has 6 heteroatoms. The number of hydrogen-bond acceptors (Lipinski definition) is 3. The van der Waals surface area contributed by atoms with Gasteiger partial charge >= 0.3 is 0 Å². The predicted octanol–water partition coefficient (Wildman–Crippen LogP) is 3.51. The van der Waals surface area contributed by atoms with Gasteiger partial charge in [0.15, 0.2) is 0 Å². The van der Waals surface area contributed by atoms with Crippen molar-refractivity contribution in [2.45, 2.75) is 32.6 Å². The van der Waals surface area contributed by atoms with Crippen molar-refractivity contribution in [1.29, 1.82) is 5.26 Å². The van der Waals surface area contributed by atoms with Crippen LogP contribution in [-0.2, 0) is 10.0 Å². The summed E-state index contributed by atoms with van der Waals surface area (Å²) in [6.45, 7) is 8.69. The van der Waals surface area contributed by atoms with Gasteiger partial charge in [-0.2, -0.15) is 9.57 Å². The van der Waals surface area contributed by atoms with Gasteiger partial charge in [-0.25, -0.2) is 8.42 Å². The smallest absolute Gasteiger partial charge is 0.207 e. The van der Waals surface area contributed by atoms with Gasteiger partial charge in [-0.05, 0) is 24.0 Å². The molecule has 0 aliphatic rings. The fourth-order valence-electron chi connectivity index (χ4n) is 2.05. The van der Waals surface area contributed by atoms with Crippen molar-refractivity contribution in [3.8, 4) is 6.07 Å². The van der Waals surface area contributed by atoms with E-state index in [0.29, 0.717) is 13.1 Å². The third-order valence-corrected chi connectivity index (χ3v) is 5.03. The maximum atomic E-state index is 12.9. The average molecular weight is 329 g/mol. The molecular formula is C15H21ClN2O2S. The Hall–Kier alpha value is -1.09. The number of nitriles is 1. The lowest BCUT2D eigenvalue weighted by Crippen LogP contribution is -2.37. The van der Waals surface area contributed by atoms with Gasteiger partial charge in [0.2, 0.25) is 10.0 Å². The molecule has 21 heavy (non-hydrogen) atoms. The summed E-state index contributed by atoms with van der Waals surface area (Å²) in [7, 11) is -3.73. The highest BCUT2D eigenvalue weighted by Crippen LogP contribution is 2.26. The molecule has 0 radical (unpaired) electrons. The Kier molecular flexibility index (Phi) is 6.21. The number of nitrogens with zero attached hydrogens (tertiary/aromatic N) is 2. The largest absolute Gasteiger partial charge is 0.244 e. The summed E-state index contributed by atoms with van der Waals surface area (Å²) in [5.74, 6) is 0.395. The Morgan fingerprint density at radius 1 is 1.19 bits per heavy atom. The zero-order chi connectivity index (χ0) is 16.2. The minimum atomic E-state index is -3.73. The van der Waals surface area contributed by atoms with E-state index < -0.39 is 10.0 Å². The van der Waals surface area contributed by atoms with E-state index >= 15 is 0 Å². The Balaban J connectivity index is 3.36. The molecule has 0 spiro atoms. The zero-order valence-electron chi connectivity index (χ0n) is 12.8. The predicted molar refractivity (Wildman–Crippen MR) is 84.6 cm³/mol. The molecule has 0 saturated heterocycles. The quantitative estimate of drug-likeness (QED) is 0.802. The van der Waals surface area contributed by atoms with Crippen molar-refractivity contribution in [3.05, 3.63) is 28.8 Å². The Morgan fingerprint density at radius 3 is 2.14 bits per heavy atom. The molecule has 0 atom stereocenters. The van der Waals surface area contributed by atoms with Crippen LogP contribution in [0.15, 0.2) is 23.1 Å². The molecule has 4 nitrogen and oxygen atoms in total. The minimum Gasteiger partial charge on any atom is -0.207 e. The van der Waals surface area contributed by atoms with E-state index in [1.807, 2.05) is 33.8 Å². The molecule has 0 aromatic heterocycles. The van der Waals surface area contributed by atoms with Gasteiger partial charge in [0.05, 0.1) is 10.6 Å². The van der Waals surface area contributed by atoms with Gasteiger partial charge in [0, 0.05) is 13.1 Å². The van der Waals surface area contributed by atoms with Gasteiger partial charge in [-0.15, -0.1) is 0 Å². The molecular weight excluding hydrogens is 308 g/mol. The lowest BCUT2D eigenvalue weighted by Gasteiger charge is -2.26. The minimum absolute atomic E-state index is 0.0108. The van der Waals surface area contributed by atoms with Gasteiger partial charge in [0.1, 0.15) is 11.0 Å². The second-order valence-corrected chi connectivity index (χ2v) is 8.15. The molecule has 0 unspecified atom stereocenters. The van der Waals surface area contributed by atoms with Crippen LogP contribution in [0.2, 0.25) is 5.02 Å². The van der Waals surface area contributed by atoms with Crippen molar-refractivity contribution in [1.82, 2.24) is 4.31 Å². The molecule has 0 aliphatic carbocycles. The molecule has 0 amide bonds. The molecule has 0 aliphatic heterocycles. The van der Waals surface area contributed by atoms with E-state index in [1.165, 1.54) is 16.4 Å². The standard InChI is InChI=1S/C15H21ClN2O2S/c1-11(2)9-18(10-12(3)4)21(19,20)15-7-5-6-14(16)13(15)8-17/h5-7,11-12H,9-10H2,1-4H3. The summed E-state index contributed by atoms with van der Waals surface area (Å²) < 4.78 is 27.1. The first-order valence-electron chi connectivity index (χ1n) is 6.88. The molecule has 1 rings (SSSR count). The van der Waals surface area contributed by atoms with Crippen molar-refractivity contribution in [2.24, 2.45) is 11.8 Å². The van der Waals surface area contributed by atoms with E-state index in [9.17, 15) is 13.7 Å². The van der Waals surface area contributed by atoms with Crippen LogP contribution in [0.4, 0.5) is 0 Å². The Morgan fingerprint density at radius 2 is 1.71 bits per heavy atom. The fraction of sp³-hybridized carbons (Fsp3) is 0.533. The Bertz CT molecular complexity index is 624. The fourth-order valence-corrected chi connectivity index (χ4v) is 4.26. The van der Waals surface area contributed by atoms with Crippen molar-refractivity contribution in [2.75, 3.05) is 13.1 Å². The maximum absolute atomic E-state index is 12.9. The highest BCUT2D eigenvalue weighted by molar-refractivity contribution is 7.89. The normalized spacial score (nSPS) is 12.1. The second kappa shape index (κ2) is 7.26. The van der Waals surface area contributed by atoms with Crippen LogP contribution in [0.25, 0.3) is 0 Å². The lowest BCUT2D eigenvalue weighted by atomic mass is 10.2.